The van der Waals surface area contributed by atoms with Gasteiger partial charge in [-0.3, -0.25) is 5.43 Å². The fourth-order valence-electron chi connectivity index (χ4n) is 2.19. The van der Waals surface area contributed by atoms with Gasteiger partial charge in [0.05, 0.1) is 0 Å². The largest absolute Gasteiger partial charge is 0.289 e. The summed E-state index contributed by atoms with van der Waals surface area (Å²) in [6.07, 6.45) is 0.880. The van der Waals surface area contributed by atoms with Crippen molar-refractivity contribution in [2.45, 2.75) is 18.2 Å². The molecule has 0 bridgehead atoms. The number of thioether (sulfide) groups is 1. The van der Waals surface area contributed by atoms with Crippen LogP contribution in [-0.2, 0) is 11.3 Å². The third-order valence-electron chi connectivity index (χ3n) is 3.31. The van der Waals surface area contributed by atoms with Crippen LogP contribution in [0.5, 0.6) is 0 Å². The molecule has 1 heterocycles. The Morgan fingerprint density at radius 3 is 2.50 bits per heavy atom. The van der Waals surface area contributed by atoms with Crippen molar-refractivity contribution in [2.24, 2.45) is 5.10 Å². The van der Waals surface area contributed by atoms with E-state index in [0.717, 1.165) is 15.9 Å². The summed E-state index contributed by atoms with van der Waals surface area (Å²) in [5, 5.41) is 5.63. The summed E-state index contributed by atoms with van der Waals surface area (Å²) >= 11 is 5.26. The Morgan fingerprint density at radius 2 is 1.80 bits per heavy atom. The maximum absolute atomic E-state index is 4.50. The smallest absolute Gasteiger partial charge is 0.128 e. The highest BCUT2D eigenvalue weighted by Gasteiger charge is 2.33. The standard InChI is InChI=1S/C16H15BrN2S/c1-16(13-7-9-14(17)10-8-13)19-18-15(20-16)11-12-5-3-2-4-6-12/h2-10,19H,11H2,1H3/t16-/m1/s1. The molecule has 0 radical (unpaired) electrons. The van der Waals surface area contributed by atoms with E-state index in [-0.39, 0.29) is 4.87 Å². The maximum atomic E-state index is 4.50. The second kappa shape index (κ2) is 5.62. The molecule has 2 aromatic carbocycles. The van der Waals surface area contributed by atoms with Gasteiger partial charge in [0.25, 0.3) is 0 Å². The van der Waals surface area contributed by atoms with Gasteiger partial charge in [-0.25, -0.2) is 0 Å². The SMILES string of the molecule is C[C@@]1(c2ccc(Br)cc2)NN=C(Cc2ccccc2)S1. The van der Waals surface area contributed by atoms with Crippen LogP contribution in [0.1, 0.15) is 18.1 Å². The highest BCUT2D eigenvalue weighted by atomic mass is 79.9. The third-order valence-corrected chi connectivity index (χ3v) is 5.04. The molecule has 20 heavy (non-hydrogen) atoms. The van der Waals surface area contributed by atoms with E-state index in [1.54, 1.807) is 11.8 Å². The lowest BCUT2D eigenvalue weighted by Gasteiger charge is -2.23. The number of benzene rings is 2. The van der Waals surface area contributed by atoms with Crippen molar-refractivity contribution in [1.82, 2.24) is 5.43 Å². The van der Waals surface area contributed by atoms with E-state index in [2.05, 4.69) is 81.9 Å². The molecule has 0 saturated carbocycles. The van der Waals surface area contributed by atoms with Crippen molar-refractivity contribution >= 4 is 32.7 Å². The Kier molecular flexibility index (Phi) is 3.85. The number of hydrazone groups is 1. The van der Waals surface area contributed by atoms with Crippen LogP contribution in [0.25, 0.3) is 0 Å². The Labute approximate surface area is 131 Å². The lowest BCUT2D eigenvalue weighted by atomic mass is 10.1. The summed E-state index contributed by atoms with van der Waals surface area (Å²) in [6, 6.07) is 18.8. The fraction of sp³-hybridized carbons (Fsp3) is 0.188. The Bertz CT molecular complexity index is 625. The molecule has 1 atom stereocenters. The second-order valence-electron chi connectivity index (χ2n) is 4.92. The van der Waals surface area contributed by atoms with Gasteiger partial charge in [-0.05, 0) is 30.2 Å². The molecule has 0 fully saturated rings. The van der Waals surface area contributed by atoms with E-state index in [0.29, 0.717) is 0 Å². The molecule has 2 nitrogen and oxygen atoms in total. The van der Waals surface area contributed by atoms with Crippen molar-refractivity contribution in [3.05, 3.63) is 70.2 Å². The minimum Gasteiger partial charge on any atom is -0.289 e. The number of rotatable bonds is 3. The summed E-state index contributed by atoms with van der Waals surface area (Å²) in [7, 11) is 0. The summed E-state index contributed by atoms with van der Waals surface area (Å²) in [5.41, 5.74) is 5.80. The molecule has 1 aliphatic rings. The van der Waals surface area contributed by atoms with Gasteiger partial charge < -0.3 is 0 Å². The predicted octanol–water partition coefficient (Wildman–Crippen LogP) is 4.51. The Morgan fingerprint density at radius 1 is 1.10 bits per heavy atom. The van der Waals surface area contributed by atoms with Crippen LogP contribution in [0.3, 0.4) is 0 Å². The van der Waals surface area contributed by atoms with Gasteiger partial charge in [0.1, 0.15) is 9.91 Å². The van der Waals surface area contributed by atoms with E-state index in [1.807, 2.05) is 6.07 Å². The third kappa shape index (κ3) is 2.91. The molecule has 0 amide bonds. The highest BCUT2D eigenvalue weighted by Crippen LogP contribution is 2.39. The van der Waals surface area contributed by atoms with Gasteiger partial charge in [-0.2, -0.15) is 5.10 Å². The van der Waals surface area contributed by atoms with Gasteiger partial charge in [-0.15, -0.1) is 0 Å². The molecule has 102 valence electrons. The minimum absolute atomic E-state index is 0.176. The van der Waals surface area contributed by atoms with E-state index in [4.69, 9.17) is 0 Å². The molecule has 0 aliphatic carbocycles. The molecule has 4 heteroatoms. The average molecular weight is 347 g/mol. The van der Waals surface area contributed by atoms with Crippen molar-refractivity contribution in [1.29, 1.82) is 0 Å². The highest BCUT2D eigenvalue weighted by molar-refractivity contribution is 9.10. The van der Waals surface area contributed by atoms with Gasteiger partial charge in [-0.1, -0.05) is 70.2 Å². The molecule has 0 aromatic heterocycles. The molecule has 0 unspecified atom stereocenters. The summed E-state index contributed by atoms with van der Waals surface area (Å²) in [5.74, 6) is 0. The van der Waals surface area contributed by atoms with Gasteiger partial charge in [0.2, 0.25) is 0 Å². The molecule has 1 N–H and O–H groups in total. The van der Waals surface area contributed by atoms with Crippen LogP contribution >= 0.6 is 27.7 Å². The predicted molar refractivity (Wildman–Crippen MR) is 89.8 cm³/mol. The number of halogens is 1. The van der Waals surface area contributed by atoms with Crippen LogP contribution in [0.4, 0.5) is 0 Å². The zero-order valence-electron chi connectivity index (χ0n) is 11.1. The fourth-order valence-corrected chi connectivity index (χ4v) is 3.60. The first-order chi connectivity index (χ1) is 9.66. The van der Waals surface area contributed by atoms with Crippen LogP contribution in [0.2, 0.25) is 0 Å². The lowest BCUT2D eigenvalue weighted by Crippen LogP contribution is -2.28. The van der Waals surface area contributed by atoms with E-state index >= 15 is 0 Å². The minimum atomic E-state index is -0.176. The topological polar surface area (TPSA) is 24.4 Å². The molecule has 0 spiro atoms. The summed E-state index contributed by atoms with van der Waals surface area (Å²) < 4.78 is 1.10. The first-order valence-corrected chi connectivity index (χ1v) is 8.09. The Hall–Kier alpha value is -1.26. The molecular weight excluding hydrogens is 332 g/mol. The first-order valence-electron chi connectivity index (χ1n) is 6.48. The zero-order chi connectivity index (χ0) is 14.0. The number of nitrogens with one attached hydrogen (secondary N) is 1. The van der Waals surface area contributed by atoms with Crippen molar-refractivity contribution < 1.29 is 0 Å². The van der Waals surface area contributed by atoms with Crippen LogP contribution in [-0.4, -0.2) is 5.04 Å². The van der Waals surface area contributed by atoms with Crippen molar-refractivity contribution in [2.75, 3.05) is 0 Å². The quantitative estimate of drug-likeness (QED) is 0.883. The first kappa shape index (κ1) is 13.7. The van der Waals surface area contributed by atoms with Crippen LogP contribution in [0, 0.1) is 0 Å². The molecule has 1 aliphatic heterocycles. The monoisotopic (exact) mass is 346 g/mol. The van der Waals surface area contributed by atoms with Crippen molar-refractivity contribution in [3.8, 4) is 0 Å². The normalized spacial score (nSPS) is 21.4. The summed E-state index contributed by atoms with van der Waals surface area (Å²) in [6.45, 7) is 2.17. The molecule has 3 rings (SSSR count). The second-order valence-corrected chi connectivity index (χ2v) is 7.33. The number of hydrogen-bond acceptors (Lipinski definition) is 3. The molecule has 2 aromatic rings. The lowest BCUT2D eigenvalue weighted by molar-refractivity contribution is 0.562. The maximum Gasteiger partial charge on any atom is 0.128 e. The Balaban J connectivity index is 1.73. The average Bonchev–Trinajstić information content (AvgIpc) is 2.83. The van der Waals surface area contributed by atoms with Crippen LogP contribution < -0.4 is 5.43 Å². The van der Waals surface area contributed by atoms with E-state index in [1.165, 1.54) is 11.1 Å². The van der Waals surface area contributed by atoms with Crippen molar-refractivity contribution in [3.63, 3.8) is 0 Å². The van der Waals surface area contributed by atoms with E-state index < -0.39 is 0 Å². The zero-order valence-corrected chi connectivity index (χ0v) is 13.5. The summed E-state index contributed by atoms with van der Waals surface area (Å²) in [4.78, 5) is -0.176. The number of nitrogens with zero attached hydrogens (tertiary/aromatic N) is 1. The van der Waals surface area contributed by atoms with Gasteiger partial charge in [0, 0.05) is 10.9 Å². The molecular formula is C16H15BrN2S. The van der Waals surface area contributed by atoms with Gasteiger partial charge >= 0.3 is 0 Å². The molecule has 0 saturated heterocycles. The van der Waals surface area contributed by atoms with Gasteiger partial charge in [0.15, 0.2) is 0 Å². The van der Waals surface area contributed by atoms with Crippen LogP contribution in [0.15, 0.2) is 64.2 Å². The van der Waals surface area contributed by atoms with E-state index in [9.17, 15) is 0 Å². The number of hydrogen-bond donors (Lipinski definition) is 1.